The maximum absolute atomic E-state index is 12.6. The van der Waals surface area contributed by atoms with Crippen LogP contribution in [0.2, 0.25) is 5.02 Å². The standard InChI is InChI=1S/C21H14ClN3O5S2/c22-13-3-7-15(8-4-13)32(27,28)25-14-5-1-12(2-6-14)20(26)24-21-23-16-9-17-18(30-11-29-17)10-19(16)31-21/h1-10,25H,11H2,(H,23,24,26). The molecule has 2 heterocycles. The van der Waals surface area contributed by atoms with Crippen molar-refractivity contribution in [2.75, 3.05) is 16.8 Å². The topological polar surface area (TPSA) is 107 Å². The first-order valence-electron chi connectivity index (χ1n) is 9.27. The Kier molecular flexibility index (Phi) is 5.12. The molecular formula is C21H14ClN3O5S2. The highest BCUT2D eigenvalue weighted by molar-refractivity contribution is 7.92. The molecule has 3 aromatic carbocycles. The van der Waals surface area contributed by atoms with E-state index < -0.39 is 10.0 Å². The van der Waals surface area contributed by atoms with Gasteiger partial charge in [0, 0.05) is 28.4 Å². The Bertz CT molecular complexity index is 1390. The Morgan fingerprint density at radius 2 is 1.69 bits per heavy atom. The zero-order valence-corrected chi connectivity index (χ0v) is 18.6. The molecule has 0 aliphatic carbocycles. The Labute approximate surface area is 191 Å². The fourth-order valence-electron chi connectivity index (χ4n) is 3.06. The van der Waals surface area contributed by atoms with Gasteiger partial charge in [-0.3, -0.25) is 14.8 Å². The Balaban J connectivity index is 1.29. The number of hydrogen-bond donors (Lipinski definition) is 2. The molecule has 0 saturated carbocycles. The van der Waals surface area contributed by atoms with Gasteiger partial charge in [-0.25, -0.2) is 13.4 Å². The Morgan fingerprint density at radius 3 is 2.41 bits per heavy atom. The molecule has 0 fully saturated rings. The van der Waals surface area contributed by atoms with Gasteiger partial charge in [-0.05, 0) is 48.5 Å². The first kappa shape index (κ1) is 20.6. The molecule has 162 valence electrons. The van der Waals surface area contributed by atoms with Crippen LogP contribution in [-0.2, 0) is 10.0 Å². The fourth-order valence-corrected chi connectivity index (χ4v) is 5.11. The van der Waals surface area contributed by atoms with Crippen molar-refractivity contribution in [1.29, 1.82) is 0 Å². The summed E-state index contributed by atoms with van der Waals surface area (Å²) in [5.41, 5.74) is 1.38. The van der Waals surface area contributed by atoms with Crippen LogP contribution in [0.3, 0.4) is 0 Å². The van der Waals surface area contributed by atoms with Gasteiger partial charge in [0.15, 0.2) is 16.6 Å². The highest BCUT2D eigenvalue weighted by Gasteiger charge is 2.18. The van der Waals surface area contributed by atoms with E-state index >= 15 is 0 Å². The van der Waals surface area contributed by atoms with E-state index in [0.717, 1.165) is 4.70 Å². The number of thiazole rings is 1. The molecular weight excluding hydrogens is 474 g/mol. The van der Waals surface area contributed by atoms with Gasteiger partial charge in [0.25, 0.3) is 15.9 Å². The van der Waals surface area contributed by atoms with Gasteiger partial charge < -0.3 is 9.47 Å². The second-order valence-electron chi connectivity index (χ2n) is 6.78. The molecule has 0 saturated heterocycles. The minimum atomic E-state index is -3.77. The van der Waals surface area contributed by atoms with E-state index in [0.29, 0.717) is 38.4 Å². The van der Waals surface area contributed by atoms with Crippen LogP contribution in [0.1, 0.15) is 10.4 Å². The van der Waals surface area contributed by atoms with E-state index in [1.165, 1.54) is 59.9 Å². The van der Waals surface area contributed by atoms with E-state index in [-0.39, 0.29) is 17.6 Å². The van der Waals surface area contributed by atoms with E-state index in [2.05, 4.69) is 15.0 Å². The summed E-state index contributed by atoms with van der Waals surface area (Å²) in [6.07, 6.45) is 0. The van der Waals surface area contributed by atoms with Crippen LogP contribution in [0.15, 0.2) is 65.6 Å². The third-order valence-corrected chi connectivity index (χ3v) is 7.21. The molecule has 1 aromatic heterocycles. The van der Waals surface area contributed by atoms with Crippen molar-refractivity contribution >= 4 is 59.9 Å². The molecule has 2 N–H and O–H groups in total. The summed E-state index contributed by atoms with van der Waals surface area (Å²) in [5.74, 6) is 0.907. The summed E-state index contributed by atoms with van der Waals surface area (Å²) in [7, 11) is -3.77. The molecule has 5 rings (SSSR count). The van der Waals surface area contributed by atoms with Gasteiger partial charge in [-0.1, -0.05) is 22.9 Å². The van der Waals surface area contributed by atoms with Crippen LogP contribution >= 0.6 is 22.9 Å². The summed E-state index contributed by atoms with van der Waals surface area (Å²) in [4.78, 5) is 17.1. The van der Waals surface area contributed by atoms with E-state index in [1.54, 1.807) is 6.07 Å². The number of amides is 1. The number of anilines is 2. The van der Waals surface area contributed by atoms with Crippen molar-refractivity contribution in [2.24, 2.45) is 0 Å². The van der Waals surface area contributed by atoms with E-state index in [9.17, 15) is 13.2 Å². The number of nitrogens with zero attached hydrogens (tertiary/aromatic N) is 1. The fraction of sp³-hybridized carbons (Fsp3) is 0.0476. The summed E-state index contributed by atoms with van der Waals surface area (Å²) < 4.78 is 39.0. The second-order valence-corrected chi connectivity index (χ2v) is 9.93. The molecule has 1 aliphatic heterocycles. The molecule has 32 heavy (non-hydrogen) atoms. The minimum Gasteiger partial charge on any atom is -0.454 e. The van der Waals surface area contributed by atoms with Crippen molar-refractivity contribution in [3.05, 3.63) is 71.2 Å². The number of nitrogens with one attached hydrogen (secondary N) is 2. The zero-order valence-electron chi connectivity index (χ0n) is 16.2. The van der Waals surface area contributed by atoms with E-state index in [1.807, 2.05) is 6.07 Å². The number of hydrogen-bond acceptors (Lipinski definition) is 7. The van der Waals surface area contributed by atoms with Crippen molar-refractivity contribution in [2.45, 2.75) is 4.90 Å². The lowest BCUT2D eigenvalue weighted by Gasteiger charge is -2.09. The molecule has 4 aromatic rings. The average Bonchev–Trinajstić information content (AvgIpc) is 3.37. The van der Waals surface area contributed by atoms with Crippen molar-refractivity contribution < 1.29 is 22.7 Å². The minimum absolute atomic E-state index is 0.0846. The summed E-state index contributed by atoms with van der Waals surface area (Å²) >= 11 is 7.12. The predicted molar refractivity (Wildman–Crippen MR) is 122 cm³/mol. The quantitative estimate of drug-likeness (QED) is 0.421. The number of sulfonamides is 1. The van der Waals surface area contributed by atoms with Gasteiger partial charge in [0.1, 0.15) is 0 Å². The lowest BCUT2D eigenvalue weighted by atomic mass is 10.2. The van der Waals surface area contributed by atoms with Crippen LogP contribution < -0.4 is 19.5 Å². The number of carbonyl (C=O) groups excluding carboxylic acids is 1. The van der Waals surface area contributed by atoms with Crippen LogP contribution in [0.25, 0.3) is 10.2 Å². The highest BCUT2D eigenvalue weighted by atomic mass is 35.5. The van der Waals surface area contributed by atoms with Crippen LogP contribution in [0.5, 0.6) is 11.5 Å². The first-order valence-corrected chi connectivity index (χ1v) is 12.0. The molecule has 1 aliphatic rings. The molecule has 0 bridgehead atoms. The Hall–Kier alpha value is -3.34. The molecule has 0 radical (unpaired) electrons. The summed E-state index contributed by atoms with van der Waals surface area (Å²) in [6.45, 7) is 0.183. The summed E-state index contributed by atoms with van der Waals surface area (Å²) in [5, 5.41) is 3.63. The Morgan fingerprint density at radius 1 is 1.00 bits per heavy atom. The van der Waals surface area contributed by atoms with E-state index in [4.69, 9.17) is 21.1 Å². The predicted octanol–water partition coefficient (Wildman–Crippen LogP) is 4.73. The molecule has 0 spiro atoms. The molecule has 1 amide bonds. The van der Waals surface area contributed by atoms with Gasteiger partial charge in [0.2, 0.25) is 6.79 Å². The van der Waals surface area contributed by atoms with Crippen molar-refractivity contribution in [3.63, 3.8) is 0 Å². The third-order valence-electron chi connectivity index (χ3n) is 4.63. The molecule has 0 atom stereocenters. The van der Waals surface area contributed by atoms with Gasteiger partial charge in [0.05, 0.1) is 15.1 Å². The van der Waals surface area contributed by atoms with Gasteiger partial charge in [-0.2, -0.15) is 0 Å². The SMILES string of the molecule is O=C(Nc1nc2cc3c(cc2s1)OCO3)c1ccc(NS(=O)(=O)c2ccc(Cl)cc2)cc1. The smallest absolute Gasteiger partial charge is 0.261 e. The highest BCUT2D eigenvalue weighted by Crippen LogP contribution is 2.39. The molecule has 8 nitrogen and oxygen atoms in total. The van der Waals surface area contributed by atoms with Gasteiger partial charge in [-0.15, -0.1) is 0 Å². The maximum atomic E-state index is 12.6. The first-order chi connectivity index (χ1) is 15.4. The maximum Gasteiger partial charge on any atom is 0.261 e. The number of benzene rings is 3. The van der Waals surface area contributed by atoms with Crippen molar-refractivity contribution in [3.8, 4) is 11.5 Å². The van der Waals surface area contributed by atoms with Crippen LogP contribution in [0.4, 0.5) is 10.8 Å². The van der Waals surface area contributed by atoms with Crippen LogP contribution in [0, 0.1) is 0 Å². The van der Waals surface area contributed by atoms with Gasteiger partial charge >= 0.3 is 0 Å². The lowest BCUT2D eigenvalue weighted by molar-refractivity contribution is 0.102. The average molecular weight is 488 g/mol. The lowest BCUT2D eigenvalue weighted by Crippen LogP contribution is -2.14. The number of fused-ring (bicyclic) bond motifs is 2. The monoisotopic (exact) mass is 487 g/mol. The van der Waals surface area contributed by atoms with Crippen LogP contribution in [-0.4, -0.2) is 26.1 Å². The zero-order chi connectivity index (χ0) is 22.3. The molecule has 0 unspecified atom stereocenters. The van der Waals surface area contributed by atoms with Crippen molar-refractivity contribution in [1.82, 2.24) is 4.98 Å². The normalized spacial score (nSPS) is 12.7. The second kappa shape index (κ2) is 7.97. The number of carbonyl (C=O) groups is 1. The number of ether oxygens (including phenoxy) is 2. The number of aromatic nitrogens is 1. The third kappa shape index (κ3) is 4.07. The number of rotatable bonds is 5. The number of halogens is 1. The summed E-state index contributed by atoms with van der Waals surface area (Å²) in [6, 6.07) is 15.5. The largest absolute Gasteiger partial charge is 0.454 e. The molecule has 11 heteroatoms.